The Bertz CT molecular complexity index is 677. The Balaban J connectivity index is 1.74. The van der Waals surface area contributed by atoms with Gasteiger partial charge in [0, 0.05) is 11.6 Å². The fraction of sp³-hybridized carbons (Fsp3) is 0.176. The monoisotopic (exact) mass is 313 g/mol. The summed E-state index contributed by atoms with van der Waals surface area (Å²) in [6.07, 6.45) is 0.748. The second-order valence-corrected chi connectivity index (χ2v) is 5.17. The number of nitrogens with one attached hydrogen (secondary N) is 2. The molecule has 0 saturated carbocycles. The molecule has 0 bridgehead atoms. The summed E-state index contributed by atoms with van der Waals surface area (Å²) >= 11 is 5.82. The van der Waals surface area contributed by atoms with Gasteiger partial charge in [0.15, 0.2) is 0 Å². The Morgan fingerprint density at radius 2 is 1.86 bits per heavy atom. The standard InChI is InChI=1S/C17H16ClN3O/c18-15-7-5-13(6-8-15)9-10-20-17(22)12-21-16-4-2-1-3-14(16)11-19/h1-8,21H,9-10,12H2,(H,20,22). The lowest BCUT2D eigenvalue weighted by atomic mass is 10.1. The number of nitriles is 1. The van der Waals surface area contributed by atoms with Crippen LogP contribution in [0.25, 0.3) is 0 Å². The Kier molecular flexibility index (Phi) is 5.81. The van der Waals surface area contributed by atoms with Crippen LogP contribution >= 0.6 is 11.6 Å². The molecule has 0 aliphatic rings. The van der Waals surface area contributed by atoms with Gasteiger partial charge in [-0.3, -0.25) is 4.79 Å². The number of carbonyl (C=O) groups excluding carboxylic acids is 1. The molecule has 112 valence electrons. The summed E-state index contributed by atoms with van der Waals surface area (Å²) in [5, 5.41) is 15.5. The molecular formula is C17H16ClN3O. The van der Waals surface area contributed by atoms with E-state index in [1.165, 1.54) is 0 Å². The molecule has 0 fully saturated rings. The minimum Gasteiger partial charge on any atom is -0.375 e. The van der Waals surface area contributed by atoms with E-state index in [4.69, 9.17) is 16.9 Å². The summed E-state index contributed by atoms with van der Waals surface area (Å²) in [5.74, 6) is -0.110. The molecule has 1 amide bonds. The van der Waals surface area contributed by atoms with Crippen LogP contribution in [0.3, 0.4) is 0 Å². The highest BCUT2D eigenvalue weighted by Crippen LogP contribution is 2.12. The summed E-state index contributed by atoms with van der Waals surface area (Å²) in [6, 6.07) is 16.7. The summed E-state index contributed by atoms with van der Waals surface area (Å²) in [5.41, 5.74) is 2.31. The van der Waals surface area contributed by atoms with Crippen molar-refractivity contribution in [2.75, 3.05) is 18.4 Å². The van der Waals surface area contributed by atoms with E-state index in [2.05, 4.69) is 16.7 Å². The number of anilines is 1. The number of rotatable bonds is 6. The third kappa shape index (κ3) is 4.80. The minimum atomic E-state index is -0.110. The lowest BCUT2D eigenvalue weighted by Crippen LogP contribution is -2.31. The topological polar surface area (TPSA) is 64.9 Å². The van der Waals surface area contributed by atoms with Crippen LogP contribution in [0.1, 0.15) is 11.1 Å². The Hall–Kier alpha value is -2.51. The second kappa shape index (κ2) is 8.06. The van der Waals surface area contributed by atoms with Crippen molar-refractivity contribution in [1.29, 1.82) is 5.26 Å². The number of amides is 1. The van der Waals surface area contributed by atoms with Crippen LogP contribution in [0.2, 0.25) is 5.02 Å². The van der Waals surface area contributed by atoms with Gasteiger partial charge in [0.2, 0.25) is 5.91 Å². The SMILES string of the molecule is N#Cc1ccccc1NCC(=O)NCCc1ccc(Cl)cc1. The van der Waals surface area contributed by atoms with E-state index >= 15 is 0 Å². The van der Waals surface area contributed by atoms with Gasteiger partial charge in [0.25, 0.3) is 0 Å². The first-order valence-electron chi connectivity index (χ1n) is 6.93. The van der Waals surface area contributed by atoms with Crippen molar-refractivity contribution >= 4 is 23.2 Å². The van der Waals surface area contributed by atoms with E-state index in [1.807, 2.05) is 30.3 Å². The second-order valence-electron chi connectivity index (χ2n) is 4.74. The van der Waals surface area contributed by atoms with Crippen molar-refractivity contribution in [1.82, 2.24) is 5.32 Å². The first-order chi connectivity index (χ1) is 10.7. The van der Waals surface area contributed by atoms with Gasteiger partial charge in [0.05, 0.1) is 17.8 Å². The van der Waals surface area contributed by atoms with Crippen molar-refractivity contribution < 1.29 is 4.79 Å². The molecule has 0 saturated heterocycles. The van der Waals surface area contributed by atoms with E-state index in [0.29, 0.717) is 22.8 Å². The van der Waals surface area contributed by atoms with E-state index in [-0.39, 0.29) is 12.5 Å². The zero-order chi connectivity index (χ0) is 15.8. The quantitative estimate of drug-likeness (QED) is 0.861. The van der Waals surface area contributed by atoms with Crippen LogP contribution < -0.4 is 10.6 Å². The Labute approximate surface area is 134 Å². The van der Waals surface area contributed by atoms with Crippen molar-refractivity contribution in [2.24, 2.45) is 0 Å². The molecule has 22 heavy (non-hydrogen) atoms. The summed E-state index contributed by atoms with van der Waals surface area (Å²) in [7, 11) is 0. The molecule has 0 aromatic heterocycles. The first-order valence-corrected chi connectivity index (χ1v) is 7.31. The van der Waals surface area contributed by atoms with E-state index in [0.717, 1.165) is 12.0 Å². The molecule has 0 atom stereocenters. The molecule has 5 heteroatoms. The molecular weight excluding hydrogens is 298 g/mol. The number of hydrogen-bond donors (Lipinski definition) is 2. The third-order valence-corrected chi connectivity index (χ3v) is 3.39. The van der Waals surface area contributed by atoms with Crippen LogP contribution in [-0.4, -0.2) is 19.0 Å². The summed E-state index contributed by atoms with van der Waals surface area (Å²) in [4.78, 5) is 11.8. The molecule has 0 radical (unpaired) electrons. The molecule has 2 N–H and O–H groups in total. The van der Waals surface area contributed by atoms with Crippen molar-refractivity contribution in [3.05, 3.63) is 64.7 Å². The molecule has 2 aromatic carbocycles. The fourth-order valence-electron chi connectivity index (χ4n) is 1.97. The van der Waals surface area contributed by atoms with Crippen LogP contribution in [-0.2, 0) is 11.2 Å². The largest absolute Gasteiger partial charge is 0.375 e. The van der Waals surface area contributed by atoms with Crippen LogP contribution in [0.15, 0.2) is 48.5 Å². The molecule has 2 rings (SSSR count). The highest BCUT2D eigenvalue weighted by Gasteiger charge is 2.04. The number of halogens is 1. The van der Waals surface area contributed by atoms with E-state index in [1.54, 1.807) is 18.2 Å². The normalized spacial score (nSPS) is 9.82. The maximum absolute atomic E-state index is 11.8. The molecule has 0 aliphatic carbocycles. The first kappa shape index (κ1) is 15.9. The predicted octanol–water partition coefficient (Wildman–Crippen LogP) is 2.98. The summed E-state index contributed by atoms with van der Waals surface area (Å²) in [6.45, 7) is 0.696. The van der Waals surface area contributed by atoms with Gasteiger partial charge >= 0.3 is 0 Å². The van der Waals surface area contributed by atoms with Crippen molar-refractivity contribution in [3.63, 3.8) is 0 Å². The lowest BCUT2D eigenvalue weighted by Gasteiger charge is -2.09. The molecule has 0 unspecified atom stereocenters. The van der Waals surface area contributed by atoms with Gasteiger partial charge in [0.1, 0.15) is 6.07 Å². The zero-order valence-electron chi connectivity index (χ0n) is 12.0. The molecule has 0 spiro atoms. The predicted molar refractivity (Wildman–Crippen MR) is 87.8 cm³/mol. The fourth-order valence-corrected chi connectivity index (χ4v) is 2.10. The zero-order valence-corrected chi connectivity index (χ0v) is 12.7. The van der Waals surface area contributed by atoms with Crippen LogP contribution in [0.4, 0.5) is 5.69 Å². The number of carbonyl (C=O) groups is 1. The van der Waals surface area contributed by atoms with Crippen molar-refractivity contribution in [3.8, 4) is 6.07 Å². The van der Waals surface area contributed by atoms with Gasteiger partial charge in [-0.15, -0.1) is 0 Å². The average molecular weight is 314 g/mol. The average Bonchev–Trinajstić information content (AvgIpc) is 2.55. The van der Waals surface area contributed by atoms with Crippen LogP contribution in [0, 0.1) is 11.3 Å². The van der Waals surface area contributed by atoms with Gasteiger partial charge < -0.3 is 10.6 Å². The lowest BCUT2D eigenvalue weighted by molar-refractivity contribution is -0.119. The van der Waals surface area contributed by atoms with Crippen LogP contribution in [0.5, 0.6) is 0 Å². The summed E-state index contributed by atoms with van der Waals surface area (Å²) < 4.78 is 0. The highest BCUT2D eigenvalue weighted by atomic mass is 35.5. The number of hydrogen-bond acceptors (Lipinski definition) is 3. The molecule has 0 aliphatic heterocycles. The van der Waals surface area contributed by atoms with Gasteiger partial charge in [-0.05, 0) is 36.2 Å². The van der Waals surface area contributed by atoms with Gasteiger partial charge in [-0.1, -0.05) is 35.9 Å². The molecule has 0 heterocycles. The Morgan fingerprint density at radius 3 is 2.59 bits per heavy atom. The molecule has 2 aromatic rings. The number of nitrogens with zero attached hydrogens (tertiary/aromatic N) is 1. The minimum absolute atomic E-state index is 0.110. The van der Waals surface area contributed by atoms with E-state index < -0.39 is 0 Å². The maximum atomic E-state index is 11.8. The third-order valence-electron chi connectivity index (χ3n) is 3.14. The maximum Gasteiger partial charge on any atom is 0.239 e. The smallest absolute Gasteiger partial charge is 0.239 e. The highest BCUT2D eigenvalue weighted by molar-refractivity contribution is 6.30. The Morgan fingerprint density at radius 1 is 1.14 bits per heavy atom. The molecule has 4 nitrogen and oxygen atoms in total. The van der Waals surface area contributed by atoms with Gasteiger partial charge in [-0.2, -0.15) is 5.26 Å². The van der Waals surface area contributed by atoms with Crippen molar-refractivity contribution in [2.45, 2.75) is 6.42 Å². The van der Waals surface area contributed by atoms with Gasteiger partial charge in [-0.25, -0.2) is 0 Å². The number of para-hydroxylation sites is 1. The number of benzene rings is 2. The van der Waals surface area contributed by atoms with E-state index in [9.17, 15) is 4.79 Å².